The van der Waals surface area contributed by atoms with Gasteiger partial charge in [-0.3, -0.25) is 4.79 Å². The van der Waals surface area contributed by atoms with Gasteiger partial charge in [0.15, 0.2) is 0 Å². The van der Waals surface area contributed by atoms with Crippen molar-refractivity contribution >= 4 is 5.78 Å². The van der Waals surface area contributed by atoms with Crippen molar-refractivity contribution < 1.29 is 4.79 Å². The monoisotopic (exact) mass is 192 g/mol. The molecule has 0 aliphatic heterocycles. The molecule has 0 aromatic carbocycles. The second-order valence-electron chi connectivity index (χ2n) is 5.66. The average molecular weight is 192 g/mol. The van der Waals surface area contributed by atoms with Crippen LogP contribution in [0.4, 0.5) is 0 Å². The van der Waals surface area contributed by atoms with Gasteiger partial charge in [0, 0.05) is 12.3 Å². The Morgan fingerprint density at radius 1 is 1.43 bits per heavy atom. The zero-order valence-electron chi connectivity index (χ0n) is 9.47. The zero-order chi connectivity index (χ0) is 10.3. The fourth-order valence-electron chi connectivity index (χ4n) is 3.08. The summed E-state index contributed by atoms with van der Waals surface area (Å²) in [6.07, 6.45) is 6.37. The topological polar surface area (TPSA) is 17.1 Å². The Labute approximate surface area is 86.6 Å². The second-order valence-corrected chi connectivity index (χ2v) is 5.66. The molecule has 0 aromatic rings. The summed E-state index contributed by atoms with van der Waals surface area (Å²) in [5.41, 5.74) is 1.78. The van der Waals surface area contributed by atoms with Gasteiger partial charge in [0.25, 0.3) is 0 Å². The average Bonchev–Trinajstić information content (AvgIpc) is 2.12. The lowest BCUT2D eigenvalue weighted by molar-refractivity contribution is -0.131. The molecule has 2 rings (SSSR count). The summed E-state index contributed by atoms with van der Waals surface area (Å²) in [7, 11) is 0. The molecular weight excluding hydrogens is 172 g/mol. The molecule has 2 aliphatic carbocycles. The van der Waals surface area contributed by atoms with Crippen LogP contribution < -0.4 is 0 Å². The van der Waals surface area contributed by atoms with E-state index in [4.69, 9.17) is 0 Å². The molecule has 2 unspecified atom stereocenters. The van der Waals surface area contributed by atoms with E-state index in [0.717, 1.165) is 25.7 Å². The van der Waals surface area contributed by atoms with E-state index in [2.05, 4.69) is 26.8 Å². The number of ketones is 1. The van der Waals surface area contributed by atoms with Crippen LogP contribution >= 0.6 is 0 Å². The first-order chi connectivity index (χ1) is 6.50. The molecule has 0 heterocycles. The van der Waals surface area contributed by atoms with Gasteiger partial charge in [-0.1, -0.05) is 25.5 Å². The van der Waals surface area contributed by atoms with Crippen molar-refractivity contribution in [3.8, 4) is 0 Å². The summed E-state index contributed by atoms with van der Waals surface area (Å²) in [5, 5.41) is 0. The number of Topliss-reactive ketones (excluding diaryl/α,β-unsaturated/α-hetero) is 1. The first-order valence-electron chi connectivity index (χ1n) is 5.69. The Bertz CT molecular complexity index is 286. The number of carbonyl (C=O) groups is 1. The maximum atomic E-state index is 11.8. The number of carbonyl (C=O) groups excluding carboxylic acids is 1. The fraction of sp³-hybridized carbons (Fsp3) is 0.769. The molecule has 0 bridgehead atoms. The van der Waals surface area contributed by atoms with Crippen LogP contribution in [0.25, 0.3) is 0 Å². The van der Waals surface area contributed by atoms with Gasteiger partial charge in [0.2, 0.25) is 0 Å². The standard InChI is InChI=1S/C13H20O/c1-9-4-5-11-10(8-9)12(14)6-7-13(11,2)3/h4,10-11H,5-8H2,1-3H3. The molecule has 1 heteroatoms. The van der Waals surface area contributed by atoms with Crippen LogP contribution in [0, 0.1) is 17.3 Å². The summed E-state index contributed by atoms with van der Waals surface area (Å²) < 4.78 is 0. The summed E-state index contributed by atoms with van der Waals surface area (Å²) in [6, 6.07) is 0. The maximum absolute atomic E-state index is 11.8. The van der Waals surface area contributed by atoms with Crippen molar-refractivity contribution in [1.82, 2.24) is 0 Å². The summed E-state index contributed by atoms with van der Waals surface area (Å²) in [5.74, 6) is 1.46. The van der Waals surface area contributed by atoms with E-state index in [1.807, 2.05) is 0 Å². The molecule has 2 atom stereocenters. The Hall–Kier alpha value is -0.590. The van der Waals surface area contributed by atoms with E-state index in [1.54, 1.807) is 0 Å². The van der Waals surface area contributed by atoms with E-state index in [1.165, 1.54) is 5.57 Å². The highest BCUT2D eigenvalue weighted by atomic mass is 16.1. The van der Waals surface area contributed by atoms with E-state index in [-0.39, 0.29) is 0 Å². The van der Waals surface area contributed by atoms with Gasteiger partial charge >= 0.3 is 0 Å². The van der Waals surface area contributed by atoms with Gasteiger partial charge in [-0.15, -0.1) is 0 Å². The highest BCUT2D eigenvalue weighted by Crippen LogP contribution is 2.48. The SMILES string of the molecule is CC1=CCC2C(C1)C(=O)CCC2(C)C. The Morgan fingerprint density at radius 3 is 2.86 bits per heavy atom. The lowest BCUT2D eigenvalue weighted by atomic mass is 9.59. The molecule has 0 N–H and O–H groups in total. The van der Waals surface area contributed by atoms with Gasteiger partial charge in [-0.2, -0.15) is 0 Å². The lowest BCUT2D eigenvalue weighted by Gasteiger charge is -2.45. The number of hydrogen-bond acceptors (Lipinski definition) is 1. The molecular formula is C13H20O. The van der Waals surface area contributed by atoms with Crippen LogP contribution in [-0.4, -0.2) is 5.78 Å². The summed E-state index contributed by atoms with van der Waals surface area (Å²) in [6.45, 7) is 6.81. The number of rotatable bonds is 0. The third-order valence-corrected chi connectivity index (χ3v) is 4.18. The van der Waals surface area contributed by atoms with Crippen LogP contribution in [0.2, 0.25) is 0 Å². The minimum absolute atomic E-state index is 0.337. The third kappa shape index (κ3) is 1.53. The van der Waals surface area contributed by atoms with Crippen molar-refractivity contribution in [1.29, 1.82) is 0 Å². The smallest absolute Gasteiger partial charge is 0.136 e. The molecule has 0 saturated heterocycles. The van der Waals surface area contributed by atoms with Gasteiger partial charge in [-0.25, -0.2) is 0 Å². The van der Waals surface area contributed by atoms with Crippen LogP contribution in [0.1, 0.15) is 46.5 Å². The third-order valence-electron chi connectivity index (χ3n) is 4.18. The Morgan fingerprint density at radius 2 is 2.14 bits per heavy atom. The van der Waals surface area contributed by atoms with E-state index < -0.39 is 0 Å². The molecule has 14 heavy (non-hydrogen) atoms. The van der Waals surface area contributed by atoms with Crippen LogP contribution in [0.3, 0.4) is 0 Å². The molecule has 0 amide bonds. The highest BCUT2D eigenvalue weighted by molar-refractivity contribution is 5.82. The first-order valence-corrected chi connectivity index (χ1v) is 5.69. The predicted octanol–water partition coefficient (Wildman–Crippen LogP) is 3.35. The van der Waals surface area contributed by atoms with E-state index in [9.17, 15) is 4.79 Å². The quantitative estimate of drug-likeness (QED) is 0.538. The number of hydrogen-bond donors (Lipinski definition) is 0. The minimum Gasteiger partial charge on any atom is -0.299 e. The van der Waals surface area contributed by atoms with Crippen LogP contribution in [0.15, 0.2) is 11.6 Å². The molecule has 1 fully saturated rings. The van der Waals surface area contributed by atoms with Gasteiger partial charge < -0.3 is 0 Å². The van der Waals surface area contributed by atoms with Gasteiger partial charge in [-0.05, 0) is 37.5 Å². The Balaban J connectivity index is 2.27. The normalized spacial score (nSPS) is 36.2. The van der Waals surface area contributed by atoms with Crippen molar-refractivity contribution in [2.45, 2.75) is 46.5 Å². The van der Waals surface area contributed by atoms with Crippen LogP contribution in [-0.2, 0) is 4.79 Å². The molecule has 0 spiro atoms. The Kier molecular flexibility index (Phi) is 2.29. The zero-order valence-corrected chi connectivity index (χ0v) is 9.47. The lowest BCUT2D eigenvalue weighted by Crippen LogP contribution is -2.41. The summed E-state index contributed by atoms with van der Waals surface area (Å²) >= 11 is 0. The van der Waals surface area contributed by atoms with Crippen molar-refractivity contribution in [3.63, 3.8) is 0 Å². The fourth-order valence-corrected chi connectivity index (χ4v) is 3.08. The molecule has 78 valence electrons. The largest absolute Gasteiger partial charge is 0.299 e. The maximum Gasteiger partial charge on any atom is 0.136 e. The second kappa shape index (κ2) is 3.22. The molecule has 1 saturated carbocycles. The summed E-state index contributed by atoms with van der Waals surface area (Å²) in [4.78, 5) is 11.8. The molecule has 0 aromatic heterocycles. The number of fused-ring (bicyclic) bond motifs is 1. The van der Waals surface area contributed by atoms with Gasteiger partial charge in [0.05, 0.1) is 0 Å². The molecule has 1 nitrogen and oxygen atoms in total. The number of allylic oxidation sites excluding steroid dienone is 2. The van der Waals surface area contributed by atoms with Crippen molar-refractivity contribution in [3.05, 3.63) is 11.6 Å². The minimum atomic E-state index is 0.337. The first kappa shape index (κ1) is 9.95. The van der Waals surface area contributed by atoms with Crippen LogP contribution in [0.5, 0.6) is 0 Å². The highest BCUT2D eigenvalue weighted by Gasteiger charge is 2.43. The van der Waals surface area contributed by atoms with Crippen molar-refractivity contribution in [2.24, 2.45) is 17.3 Å². The van der Waals surface area contributed by atoms with Gasteiger partial charge in [0.1, 0.15) is 5.78 Å². The molecule has 2 aliphatic rings. The predicted molar refractivity (Wildman–Crippen MR) is 58.0 cm³/mol. The van der Waals surface area contributed by atoms with Crippen molar-refractivity contribution in [2.75, 3.05) is 0 Å². The molecule has 0 radical (unpaired) electrons. The van der Waals surface area contributed by atoms with E-state index >= 15 is 0 Å². The van der Waals surface area contributed by atoms with E-state index in [0.29, 0.717) is 23.0 Å².